The molecule has 0 bridgehead atoms. The summed E-state index contributed by atoms with van der Waals surface area (Å²) in [5.74, 6) is -0.517. The lowest BCUT2D eigenvalue weighted by Crippen LogP contribution is -2.44. The van der Waals surface area contributed by atoms with Gasteiger partial charge in [0.05, 0.1) is 23.9 Å². The Morgan fingerprint density at radius 2 is 2.00 bits per heavy atom. The molecule has 6 nitrogen and oxygen atoms in total. The van der Waals surface area contributed by atoms with E-state index in [0.717, 1.165) is 32.8 Å². The number of hydrogen-bond acceptors (Lipinski definition) is 4. The number of anilines is 1. The van der Waals surface area contributed by atoms with Crippen LogP contribution >= 0.6 is 23.2 Å². The summed E-state index contributed by atoms with van der Waals surface area (Å²) in [7, 11) is 0. The minimum Gasteiger partial charge on any atom is -0.379 e. The summed E-state index contributed by atoms with van der Waals surface area (Å²) in [6, 6.07) is 4.81. The van der Waals surface area contributed by atoms with Gasteiger partial charge < -0.3 is 15.0 Å². The molecule has 1 saturated heterocycles. The van der Waals surface area contributed by atoms with Gasteiger partial charge in [0.25, 0.3) is 0 Å². The second-order valence-corrected chi connectivity index (χ2v) is 6.35. The van der Waals surface area contributed by atoms with Gasteiger partial charge in [-0.05, 0) is 18.2 Å². The van der Waals surface area contributed by atoms with Crippen LogP contribution in [-0.2, 0) is 14.3 Å². The molecule has 1 aliphatic rings. The molecule has 0 spiro atoms. The van der Waals surface area contributed by atoms with Crippen LogP contribution in [0, 0.1) is 0 Å². The maximum atomic E-state index is 12.1. The van der Waals surface area contributed by atoms with E-state index >= 15 is 0 Å². The van der Waals surface area contributed by atoms with E-state index in [1.165, 1.54) is 11.8 Å². The minimum absolute atomic E-state index is 0.0987. The largest absolute Gasteiger partial charge is 0.379 e. The number of hydrogen-bond donors (Lipinski definition) is 1. The molecule has 2 amide bonds. The Morgan fingerprint density at radius 3 is 2.67 bits per heavy atom. The molecule has 0 atom stereocenters. The van der Waals surface area contributed by atoms with Gasteiger partial charge >= 0.3 is 0 Å². The third kappa shape index (κ3) is 5.63. The smallest absolute Gasteiger partial charge is 0.240 e. The molecule has 1 N–H and O–H groups in total. The van der Waals surface area contributed by atoms with E-state index < -0.39 is 0 Å². The highest BCUT2D eigenvalue weighted by atomic mass is 35.5. The minimum atomic E-state index is -0.275. The van der Waals surface area contributed by atoms with Crippen molar-refractivity contribution in [3.63, 3.8) is 0 Å². The first-order chi connectivity index (χ1) is 11.5. The number of nitrogens with one attached hydrogen (secondary N) is 1. The van der Waals surface area contributed by atoms with Gasteiger partial charge in [-0.25, -0.2) is 0 Å². The Hall–Kier alpha value is -1.34. The van der Waals surface area contributed by atoms with E-state index in [2.05, 4.69) is 10.2 Å². The van der Waals surface area contributed by atoms with Crippen LogP contribution in [0.15, 0.2) is 18.2 Å². The summed E-state index contributed by atoms with van der Waals surface area (Å²) in [5, 5.41) is 3.65. The van der Waals surface area contributed by atoms with Crippen LogP contribution in [0.1, 0.15) is 6.92 Å². The monoisotopic (exact) mass is 373 g/mol. The zero-order chi connectivity index (χ0) is 17.5. The van der Waals surface area contributed by atoms with Crippen molar-refractivity contribution in [1.82, 2.24) is 10.2 Å². The summed E-state index contributed by atoms with van der Waals surface area (Å²) in [6.07, 6.45) is 0. The molecule has 132 valence electrons. The van der Waals surface area contributed by atoms with E-state index in [9.17, 15) is 9.59 Å². The fourth-order valence-electron chi connectivity index (χ4n) is 2.44. The summed E-state index contributed by atoms with van der Waals surface area (Å²) >= 11 is 12.1. The van der Waals surface area contributed by atoms with Crippen molar-refractivity contribution in [3.8, 4) is 0 Å². The van der Waals surface area contributed by atoms with Crippen LogP contribution < -0.4 is 10.2 Å². The molecule has 1 aromatic rings. The van der Waals surface area contributed by atoms with Crippen LogP contribution in [0.5, 0.6) is 0 Å². The lowest BCUT2D eigenvalue weighted by molar-refractivity contribution is -0.123. The Labute approximate surface area is 151 Å². The van der Waals surface area contributed by atoms with Crippen LogP contribution in [0.3, 0.4) is 0 Å². The highest BCUT2D eigenvalue weighted by Gasteiger charge is 2.19. The second kappa shape index (κ2) is 9.22. The first-order valence-electron chi connectivity index (χ1n) is 7.77. The Morgan fingerprint density at radius 1 is 1.29 bits per heavy atom. The third-order valence-electron chi connectivity index (χ3n) is 3.73. The van der Waals surface area contributed by atoms with Crippen molar-refractivity contribution in [1.29, 1.82) is 0 Å². The molecule has 0 aromatic heterocycles. The quantitative estimate of drug-likeness (QED) is 0.825. The number of carbonyl (C=O) groups excluding carboxylic acids is 2. The molecule has 0 radical (unpaired) electrons. The molecule has 0 unspecified atom stereocenters. The molecule has 8 heteroatoms. The van der Waals surface area contributed by atoms with Gasteiger partial charge in [0.15, 0.2) is 0 Å². The number of nitrogens with zero attached hydrogens (tertiary/aromatic N) is 2. The lowest BCUT2D eigenvalue weighted by atomic mass is 10.2. The summed E-state index contributed by atoms with van der Waals surface area (Å²) in [6.45, 7) is 5.75. The number of morpholine rings is 1. The number of halogens is 2. The molecule has 2 rings (SSSR count). The average Bonchev–Trinajstić information content (AvgIpc) is 2.56. The highest BCUT2D eigenvalue weighted by molar-refractivity contribution is 6.35. The zero-order valence-electron chi connectivity index (χ0n) is 13.6. The number of carbonyl (C=O) groups is 2. The molecular formula is C16H21Cl2N3O3. The van der Waals surface area contributed by atoms with Gasteiger partial charge in [-0.3, -0.25) is 14.5 Å². The van der Waals surface area contributed by atoms with Crippen LogP contribution in [-0.4, -0.2) is 62.7 Å². The number of benzene rings is 1. The molecule has 1 heterocycles. The predicted octanol–water partition coefficient (Wildman–Crippen LogP) is 1.79. The summed E-state index contributed by atoms with van der Waals surface area (Å²) in [4.78, 5) is 27.6. The normalized spacial score (nSPS) is 15.1. The molecule has 24 heavy (non-hydrogen) atoms. The van der Waals surface area contributed by atoms with Crippen LogP contribution in [0.4, 0.5) is 5.69 Å². The maximum Gasteiger partial charge on any atom is 0.240 e. The van der Waals surface area contributed by atoms with Gasteiger partial charge in [-0.1, -0.05) is 23.2 Å². The molecule has 1 aromatic carbocycles. The molecule has 0 saturated carbocycles. The molecule has 0 aliphatic carbocycles. The van der Waals surface area contributed by atoms with Gasteiger partial charge in [0.2, 0.25) is 11.8 Å². The van der Waals surface area contributed by atoms with E-state index in [4.69, 9.17) is 27.9 Å². The van der Waals surface area contributed by atoms with Crippen molar-refractivity contribution >= 4 is 40.7 Å². The van der Waals surface area contributed by atoms with E-state index in [1.54, 1.807) is 18.2 Å². The Bertz CT molecular complexity index is 592. The molecular weight excluding hydrogens is 353 g/mol. The first-order valence-corrected chi connectivity index (χ1v) is 8.53. The predicted molar refractivity (Wildman–Crippen MR) is 94.8 cm³/mol. The van der Waals surface area contributed by atoms with E-state index in [0.29, 0.717) is 22.3 Å². The van der Waals surface area contributed by atoms with Gasteiger partial charge in [-0.2, -0.15) is 0 Å². The number of rotatable bonds is 6. The summed E-state index contributed by atoms with van der Waals surface area (Å²) in [5.41, 5.74) is 0.431. The number of amides is 2. The van der Waals surface area contributed by atoms with Crippen molar-refractivity contribution in [2.45, 2.75) is 6.92 Å². The topological polar surface area (TPSA) is 61.9 Å². The fraction of sp³-hybridized carbons (Fsp3) is 0.500. The standard InChI is InChI=1S/C16H21Cl2N3O3/c1-12(22)21(15-10-13(17)2-3-14(15)18)11-16(23)19-4-5-20-6-8-24-9-7-20/h2-3,10H,4-9,11H2,1H3,(H,19,23). The fourth-order valence-corrected chi connectivity index (χ4v) is 2.82. The maximum absolute atomic E-state index is 12.1. The molecule has 1 fully saturated rings. The summed E-state index contributed by atoms with van der Waals surface area (Å²) < 4.78 is 5.28. The van der Waals surface area contributed by atoms with Gasteiger partial charge in [-0.15, -0.1) is 0 Å². The van der Waals surface area contributed by atoms with Gasteiger partial charge in [0, 0.05) is 38.1 Å². The Balaban J connectivity index is 1.89. The van der Waals surface area contributed by atoms with Crippen molar-refractivity contribution in [3.05, 3.63) is 28.2 Å². The lowest BCUT2D eigenvalue weighted by Gasteiger charge is -2.27. The average molecular weight is 374 g/mol. The van der Waals surface area contributed by atoms with Gasteiger partial charge in [0.1, 0.15) is 6.54 Å². The van der Waals surface area contributed by atoms with Crippen molar-refractivity contribution in [2.24, 2.45) is 0 Å². The van der Waals surface area contributed by atoms with E-state index in [-0.39, 0.29) is 18.4 Å². The van der Waals surface area contributed by atoms with Crippen LogP contribution in [0.2, 0.25) is 10.0 Å². The van der Waals surface area contributed by atoms with Crippen molar-refractivity contribution < 1.29 is 14.3 Å². The number of ether oxygens (including phenoxy) is 1. The third-order valence-corrected chi connectivity index (χ3v) is 4.29. The SMILES string of the molecule is CC(=O)N(CC(=O)NCCN1CCOCC1)c1cc(Cl)ccc1Cl. The zero-order valence-corrected chi connectivity index (χ0v) is 15.1. The Kier molecular flexibility index (Phi) is 7.30. The van der Waals surface area contributed by atoms with E-state index in [1.807, 2.05) is 0 Å². The second-order valence-electron chi connectivity index (χ2n) is 5.50. The highest BCUT2D eigenvalue weighted by Crippen LogP contribution is 2.29. The van der Waals surface area contributed by atoms with Crippen molar-refractivity contribution in [2.75, 3.05) is 50.8 Å². The molecule has 1 aliphatic heterocycles. The van der Waals surface area contributed by atoms with Crippen LogP contribution in [0.25, 0.3) is 0 Å². The first kappa shape index (κ1) is 19.0.